The normalized spacial score (nSPS) is 15.9. The van der Waals surface area contributed by atoms with Crippen molar-refractivity contribution < 1.29 is 14.3 Å². The molecule has 0 spiro atoms. The number of likely N-dealkylation sites (N-methyl/N-ethyl adjacent to an activating group) is 1. The molecule has 30 heavy (non-hydrogen) atoms. The summed E-state index contributed by atoms with van der Waals surface area (Å²) >= 11 is 0. The largest absolute Gasteiger partial charge is 0.492 e. The molecule has 0 bridgehead atoms. The molecule has 0 N–H and O–H groups in total. The monoisotopic (exact) mass is 407 g/mol. The summed E-state index contributed by atoms with van der Waals surface area (Å²) in [4.78, 5) is 32.2. The van der Waals surface area contributed by atoms with E-state index in [2.05, 4.69) is 4.98 Å². The Morgan fingerprint density at radius 3 is 2.83 bits per heavy atom. The number of rotatable bonds is 5. The van der Waals surface area contributed by atoms with Crippen molar-refractivity contribution in [2.75, 3.05) is 27.2 Å². The highest BCUT2D eigenvalue weighted by molar-refractivity contribution is 6.04. The Morgan fingerprint density at radius 1 is 1.27 bits per heavy atom. The van der Waals surface area contributed by atoms with Crippen LogP contribution in [-0.4, -0.2) is 47.5 Å². The lowest BCUT2D eigenvalue weighted by Gasteiger charge is -2.27. The van der Waals surface area contributed by atoms with Gasteiger partial charge in [0.05, 0.1) is 11.8 Å². The molecule has 1 atom stereocenters. The quantitative estimate of drug-likeness (QED) is 0.648. The van der Waals surface area contributed by atoms with Gasteiger partial charge in [0.1, 0.15) is 35.4 Å². The molecule has 7 heteroatoms. The summed E-state index contributed by atoms with van der Waals surface area (Å²) in [5, 5.41) is 0.670. The molecule has 1 aliphatic rings. The van der Waals surface area contributed by atoms with E-state index in [9.17, 15) is 9.59 Å². The van der Waals surface area contributed by atoms with Gasteiger partial charge in [-0.2, -0.15) is 0 Å². The van der Waals surface area contributed by atoms with Crippen LogP contribution in [-0.2, 0) is 7.05 Å². The summed E-state index contributed by atoms with van der Waals surface area (Å²) in [5.74, 6) is 0.830. The van der Waals surface area contributed by atoms with E-state index in [-0.39, 0.29) is 23.3 Å². The van der Waals surface area contributed by atoms with Crippen LogP contribution in [0, 0.1) is 6.92 Å². The van der Waals surface area contributed by atoms with E-state index in [4.69, 9.17) is 9.47 Å². The molecular weight excluding hydrogens is 382 g/mol. The molecule has 0 amide bonds. The molecule has 1 unspecified atom stereocenters. The van der Waals surface area contributed by atoms with Crippen LogP contribution in [0.4, 0.5) is 0 Å². The first-order chi connectivity index (χ1) is 14.3. The first kappa shape index (κ1) is 20.1. The SMILES string of the molecule is Cc1cnc2c(c1)c1c(c(=O)n2C)C(=O)CC(c2cccc(OCCN(C)C)c2)O1. The Kier molecular flexibility index (Phi) is 5.30. The number of aryl methyl sites for hydroxylation is 2. The smallest absolute Gasteiger partial charge is 0.266 e. The number of carbonyl (C=O) groups excluding carboxylic acids is 1. The fraction of sp³-hybridized carbons (Fsp3) is 0.348. The van der Waals surface area contributed by atoms with Gasteiger partial charge in [-0.05, 0) is 50.3 Å². The Labute approximate surface area is 174 Å². The van der Waals surface area contributed by atoms with Gasteiger partial charge < -0.3 is 14.4 Å². The lowest BCUT2D eigenvalue weighted by Crippen LogP contribution is -2.31. The number of pyridine rings is 2. The van der Waals surface area contributed by atoms with Gasteiger partial charge in [0.25, 0.3) is 5.56 Å². The summed E-state index contributed by atoms with van der Waals surface area (Å²) in [7, 11) is 5.61. The number of nitrogens with zero attached hydrogens (tertiary/aromatic N) is 3. The summed E-state index contributed by atoms with van der Waals surface area (Å²) in [6.45, 7) is 3.29. The zero-order valence-corrected chi connectivity index (χ0v) is 17.6. The number of hydrogen-bond acceptors (Lipinski definition) is 6. The van der Waals surface area contributed by atoms with Crippen LogP contribution in [0.1, 0.15) is 34.0 Å². The van der Waals surface area contributed by atoms with Gasteiger partial charge in [-0.3, -0.25) is 14.2 Å². The maximum absolute atomic E-state index is 13.0. The first-order valence-corrected chi connectivity index (χ1v) is 9.92. The average molecular weight is 407 g/mol. The van der Waals surface area contributed by atoms with E-state index in [0.29, 0.717) is 23.4 Å². The Balaban J connectivity index is 1.72. The maximum atomic E-state index is 13.0. The van der Waals surface area contributed by atoms with Gasteiger partial charge in [-0.15, -0.1) is 0 Å². The second kappa shape index (κ2) is 7.91. The van der Waals surface area contributed by atoms with E-state index < -0.39 is 6.10 Å². The minimum atomic E-state index is -0.488. The van der Waals surface area contributed by atoms with Crippen molar-refractivity contribution in [1.82, 2.24) is 14.5 Å². The van der Waals surface area contributed by atoms with Crippen molar-refractivity contribution in [2.45, 2.75) is 19.4 Å². The molecule has 0 saturated heterocycles. The predicted molar refractivity (Wildman–Crippen MR) is 115 cm³/mol. The predicted octanol–water partition coefficient (Wildman–Crippen LogP) is 2.89. The van der Waals surface area contributed by atoms with E-state index in [1.54, 1.807) is 13.2 Å². The third-order valence-corrected chi connectivity index (χ3v) is 5.26. The first-order valence-electron chi connectivity index (χ1n) is 9.92. The van der Waals surface area contributed by atoms with Crippen molar-refractivity contribution in [1.29, 1.82) is 0 Å². The number of benzene rings is 1. The highest BCUT2D eigenvalue weighted by Gasteiger charge is 2.33. The van der Waals surface area contributed by atoms with Crippen LogP contribution in [0.3, 0.4) is 0 Å². The summed E-state index contributed by atoms with van der Waals surface area (Å²) < 4.78 is 13.5. The van der Waals surface area contributed by atoms with Gasteiger partial charge in [0, 0.05) is 19.8 Å². The molecule has 0 radical (unpaired) electrons. The van der Waals surface area contributed by atoms with E-state index in [1.165, 1.54) is 4.57 Å². The van der Waals surface area contributed by atoms with Crippen molar-refractivity contribution in [3.8, 4) is 11.5 Å². The standard InChI is InChI=1S/C23H25N3O4/c1-14-10-17-21-20(23(28)26(4)22(17)24-13-14)18(27)12-19(30-21)15-6-5-7-16(11-15)29-9-8-25(2)3/h5-7,10-11,13,19H,8-9,12H2,1-4H3. The molecule has 3 heterocycles. The molecule has 4 rings (SSSR count). The van der Waals surface area contributed by atoms with Crippen LogP contribution in [0.5, 0.6) is 11.5 Å². The Morgan fingerprint density at radius 2 is 2.07 bits per heavy atom. The Hall–Kier alpha value is -3.19. The fourth-order valence-electron chi connectivity index (χ4n) is 3.65. The van der Waals surface area contributed by atoms with Crippen LogP contribution in [0.2, 0.25) is 0 Å². The van der Waals surface area contributed by atoms with Gasteiger partial charge in [0.15, 0.2) is 5.78 Å². The van der Waals surface area contributed by atoms with Crippen molar-refractivity contribution in [3.05, 3.63) is 63.6 Å². The number of carbonyl (C=O) groups is 1. The molecule has 7 nitrogen and oxygen atoms in total. The van der Waals surface area contributed by atoms with Crippen molar-refractivity contribution in [2.24, 2.45) is 7.05 Å². The fourth-order valence-corrected chi connectivity index (χ4v) is 3.65. The van der Waals surface area contributed by atoms with Crippen LogP contribution in [0.25, 0.3) is 11.0 Å². The topological polar surface area (TPSA) is 73.7 Å². The number of ketones is 1. The highest BCUT2D eigenvalue weighted by atomic mass is 16.5. The number of Topliss-reactive ketones (excluding diaryl/α,β-unsaturated/α-hetero) is 1. The van der Waals surface area contributed by atoms with Gasteiger partial charge in [0.2, 0.25) is 0 Å². The van der Waals surface area contributed by atoms with E-state index >= 15 is 0 Å². The second-order valence-corrected chi connectivity index (χ2v) is 7.91. The minimum absolute atomic E-state index is 0.104. The summed E-state index contributed by atoms with van der Waals surface area (Å²) in [6, 6.07) is 9.48. The number of fused-ring (bicyclic) bond motifs is 3. The lowest BCUT2D eigenvalue weighted by atomic mass is 9.95. The summed E-state index contributed by atoms with van der Waals surface area (Å²) in [5.41, 5.74) is 1.99. The number of hydrogen-bond donors (Lipinski definition) is 0. The number of ether oxygens (including phenoxy) is 2. The second-order valence-electron chi connectivity index (χ2n) is 7.91. The van der Waals surface area contributed by atoms with Crippen molar-refractivity contribution in [3.63, 3.8) is 0 Å². The zero-order chi connectivity index (χ0) is 21.4. The minimum Gasteiger partial charge on any atom is -0.492 e. The third-order valence-electron chi connectivity index (χ3n) is 5.26. The molecule has 0 saturated carbocycles. The molecule has 156 valence electrons. The molecule has 3 aromatic rings. The van der Waals surface area contributed by atoms with Crippen LogP contribution in [0.15, 0.2) is 41.3 Å². The molecule has 0 aliphatic carbocycles. The third kappa shape index (κ3) is 3.68. The molecule has 0 fully saturated rings. The van der Waals surface area contributed by atoms with E-state index in [0.717, 1.165) is 23.4 Å². The molecule has 2 aromatic heterocycles. The lowest BCUT2D eigenvalue weighted by molar-refractivity contribution is 0.0849. The molecule has 1 aromatic carbocycles. The van der Waals surface area contributed by atoms with Crippen LogP contribution >= 0.6 is 0 Å². The van der Waals surface area contributed by atoms with Crippen LogP contribution < -0.4 is 15.0 Å². The van der Waals surface area contributed by atoms with Gasteiger partial charge >= 0.3 is 0 Å². The Bertz CT molecular complexity index is 1180. The zero-order valence-electron chi connectivity index (χ0n) is 17.6. The maximum Gasteiger partial charge on any atom is 0.266 e. The van der Waals surface area contributed by atoms with E-state index in [1.807, 2.05) is 56.3 Å². The molecule has 1 aliphatic heterocycles. The summed E-state index contributed by atoms with van der Waals surface area (Å²) in [6.07, 6.45) is 1.32. The van der Waals surface area contributed by atoms with Crippen molar-refractivity contribution >= 4 is 16.8 Å². The number of aromatic nitrogens is 2. The van der Waals surface area contributed by atoms with Gasteiger partial charge in [-0.1, -0.05) is 12.1 Å². The molecular formula is C23H25N3O4. The average Bonchev–Trinajstić information content (AvgIpc) is 2.71. The van der Waals surface area contributed by atoms with Gasteiger partial charge in [-0.25, -0.2) is 4.98 Å². The highest BCUT2D eigenvalue weighted by Crippen LogP contribution is 2.38.